The molecule has 1 aromatic heterocycles. The van der Waals surface area contributed by atoms with E-state index in [0.29, 0.717) is 24.5 Å². The first-order chi connectivity index (χ1) is 15.3. The van der Waals surface area contributed by atoms with Crippen LogP contribution in [0.3, 0.4) is 0 Å². The second kappa shape index (κ2) is 10.6. The van der Waals surface area contributed by atoms with E-state index in [9.17, 15) is 14.0 Å². The van der Waals surface area contributed by atoms with Crippen molar-refractivity contribution in [2.24, 2.45) is 0 Å². The molecule has 0 fully saturated rings. The normalized spacial score (nSPS) is 11.6. The van der Waals surface area contributed by atoms with Gasteiger partial charge in [-0.1, -0.05) is 23.4 Å². The molecule has 1 unspecified atom stereocenters. The number of hydrogen-bond donors (Lipinski definition) is 1. The van der Waals surface area contributed by atoms with Gasteiger partial charge in [0.15, 0.2) is 6.10 Å². The van der Waals surface area contributed by atoms with Gasteiger partial charge in [0.1, 0.15) is 23.9 Å². The number of hydrogen-bond acceptors (Lipinski definition) is 6. The number of aryl methyl sites for hydroxylation is 2. The van der Waals surface area contributed by atoms with Crippen molar-refractivity contribution in [3.63, 3.8) is 0 Å². The Kier molecular flexibility index (Phi) is 7.59. The van der Waals surface area contributed by atoms with E-state index in [-0.39, 0.29) is 18.0 Å². The monoisotopic (exact) mass is 440 g/mol. The molecular weight excluding hydrogens is 415 g/mol. The molecule has 1 atom stereocenters. The molecule has 0 aliphatic carbocycles. The molecule has 0 saturated heterocycles. The Morgan fingerprint density at radius 2 is 1.91 bits per heavy atom. The number of carbonyl (C=O) groups is 2. The Labute approximate surface area is 185 Å². The molecule has 3 rings (SSSR count). The molecule has 0 spiro atoms. The zero-order valence-corrected chi connectivity index (χ0v) is 18.2. The van der Waals surface area contributed by atoms with Crippen molar-refractivity contribution in [1.29, 1.82) is 0 Å². The summed E-state index contributed by atoms with van der Waals surface area (Å²) in [5.74, 6) is -0.190. The standard InChI is InChI=1S/C24H25FN2O5/c1-15-22(16(2)32-27-15)14-30-21-6-4-5-19(13-21)24(29)31-17(3)23(28)26-12-11-18-7-9-20(25)10-8-18/h4-10,13,17H,11-12,14H2,1-3H3,(H,26,28). The third-order valence-electron chi connectivity index (χ3n) is 4.91. The topological polar surface area (TPSA) is 90.7 Å². The minimum Gasteiger partial charge on any atom is -0.489 e. The van der Waals surface area contributed by atoms with Gasteiger partial charge >= 0.3 is 5.97 Å². The smallest absolute Gasteiger partial charge is 0.339 e. The summed E-state index contributed by atoms with van der Waals surface area (Å²) in [7, 11) is 0. The number of ether oxygens (including phenoxy) is 2. The number of halogens is 1. The summed E-state index contributed by atoms with van der Waals surface area (Å²) in [6.45, 7) is 5.74. The molecular formula is C24H25FN2O5. The maximum absolute atomic E-state index is 12.9. The van der Waals surface area contributed by atoms with Gasteiger partial charge in [0.2, 0.25) is 0 Å². The summed E-state index contributed by atoms with van der Waals surface area (Å²) in [6, 6.07) is 12.6. The number of rotatable bonds is 9. The number of esters is 1. The van der Waals surface area contributed by atoms with Crippen LogP contribution in [-0.4, -0.2) is 29.7 Å². The molecule has 0 aliphatic heterocycles. The average Bonchev–Trinajstić information content (AvgIpc) is 3.10. The van der Waals surface area contributed by atoms with Gasteiger partial charge in [-0.05, 0) is 63.1 Å². The Morgan fingerprint density at radius 3 is 2.59 bits per heavy atom. The van der Waals surface area contributed by atoms with Crippen molar-refractivity contribution in [3.05, 3.63) is 82.5 Å². The Hall–Kier alpha value is -3.68. The summed E-state index contributed by atoms with van der Waals surface area (Å²) in [4.78, 5) is 24.7. The fourth-order valence-electron chi connectivity index (χ4n) is 2.98. The second-order valence-corrected chi connectivity index (χ2v) is 7.33. The maximum Gasteiger partial charge on any atom is 0.339 e. The van der Waals surface area contributed by atoms with E-state index in [1.165, 1.54) is 19.1 Å². The molecule has 7 nitrogen and oxygen atoms in total. The molecule has 1 amide bonds. The van der Waals surface area contributed by atoms with Gasteiger partial charge in [-0.25, -0.2) is 9.18 Å². The molecule has 8 heteroatoms. The van der Waals surface area contributed by atoms with Crippen LogP contribution in [-0.2, 0) is 22.6 Å². The number of aromatic nitrogens is 1. The van der Waals surface area contributed by atoms with Crippen molar-refractivity contribution in [3.8, 4) is 5.75 Å². The third-order valence-corrected chi connectivity index (χ3v) is 4.91. The van der Waals surface area contributed by atoms with Crippen molar-refractivity contribution >= 4 is 11.9 Å². The predicted octanol–water partition coefficient (Wildman–Crippen LogP) is 3.91. The highest BCUT2D eigenvalue weighted by Gasteiger charge is 2.19. The van der Waals surface area contributed by atoms with Crippen molar-refractivity contribution in [2.75, 3.05) is 6.54 Å². The lowest BCUT2D eigenvalue weighted by Gasteiger charge is -2.14. The van der Waals surface area contributed by atoms with Crippen LogP contribution in [0.2, 0.25) is 0 Å². The lowest BCUT2D eigenvalue weighted by Crippen LogP contribution is -2.36. The average molecular weight is 440 g/mol. The van der Waals surface area contributed by atoms with Crippen LogP contribution in [0.4, 0.5) is 4.39 Å². The molecule has 2 aromatic carbocycles. The van der Waals surface area contributed by atoms with Gasteiger partial charge in [0, 0.05) is 6.54 Å². The molecule has 32 heavy (non-hydrogen) atoms. The Balaban J connectivity index is 1.49. The van der Waals surface area contributed by atoms with Gasteiger partial charge in [-0.15, -0.1) is 0 Å². The van der Waals surface area contributed by atoms with Crippen LogP contribution in [0.5, 0.6) is 5.75 Å². The van der Waals surface area contributed by atoms with Crippen LogP contribution in [0.1, 0.15) is 39.9 Å². The first kappa shape index (κ1) is 23.0. The van der Waals surface area contributed by atoms with E-state index in [2.05, 4.69) is 10.5 Å². The fourth-order valence-corrected chi connectivity index (χ4v) is 2.98. The SMILES string of the molecule is Cc1noc(C)c1COc1cccc(C(=O)OC(C)C(=O)NCCc2ccc(F)cc2)c1. The van der Waals surface area contributed by atoms with E-state index >= 15 is 0 Å². The van der Waals surface area contributed by atoms with Crippen LogP contribution in [0, 0.1) is 19.7 Å². The van der Waals surface area contributed by atoms with E-state index in [1.54, 1.807) is 43.3 Å². The number of amides is 1. The molecule has 1 N–H and O–H groups in total. The largest absolute Gasteiger partial charge is 0.489 e. The summed E-state index contributed by atoms with van der Waals surface area (Å²) in [5.41, 5.74) is 2.76. The lowest BCUT2D eigenvalue weighted by atomic mass is 10.1. The number of benzene rings is 2. The summed E-state index contributed by atoms with van der Waals surface area (Å²) < 4.78 is 29.1. The van der Waals surface area contributed by atoms with Crippen molar-refractivity contribution in [2.45, 2.75) is 39.9 Å². The summed E-state index contributed by atoms with van der Waals surface area (Å²) in [6.07, 6.45) is -0.431. The third kappa shape index (κ3) is 6.16. The second-order valence-electron chi connectivity index (χ2n) is 7.33. The summed E-state index contributed by atoms with van der Waals surface area (Å²) in [5, 5.41) is 6.59. The highest BCUT2D eigenvalue weighted by molar-refractivity contribution is 5.92. The molecule has 1 heterocycles. The Morgan fingerprint density at radius 1 is 1.16 bits per heavy atom. The molecule has 0 saturated carbocycles. The molecule has 168 valence electrons. The molecule has 0 aliphatic rings. The highest BCUT2D eigenvalue weighted by Crippen LogP contribution is 2.19. The lowest BCUT2D eigenvalue weighted by molar-refractivity contribution is -0.129. The predicted molar refractivity (Wildman–Crippen MR) is 115 cm³/mol. The van der Waals surface area contributed by atoms with Crippen LogP contribution in [0.15, 0.2) is 53.1 Å². The van der Waals surface area contributed by atoms with E-state index in [0.717, 1.165) is 16.8 Å². The van der Waals surface area contributed by atoms with E-state index in [4.69, 9.17) is 14.0 Å². The zero-order chi connectivity index (χ0) is 23.1. The van der Waals surface area contributed by atoms with Crippen LogP contribution >= 0.6 is 0 Å². The van der Waals surface area contributed by atoms with Crippen LogP contribution in [0.25, 0.3) is 0 Å². The fraction of sp³-hybridized carbons (Fsp3) is 0.292. The van der Waals surface area contributed by atoms with Gasteiger partial charge in [-0.3, -0.25) is 4.79 Å². The van der Waals surface area contributed by atoms with E-state index < -0.39 is 18.0 Å². The first-order valence-corrected chi connectivity index (χ1v) is 10.2. The highest BCUT2D eigenvalue weighted by atomic mass is 19.1. The zero-order valence-electron chi connectivity index (χ0n) is 18.2. The van der Waals surface area contributed by atoms with Gasteiger partial charge in [0.05, 0.1) is 16.8 Å². The molecule has 3 aromatic rings. The summed E-state index contributed by atoms with van der Waals surface area (Å²) >= 11 is 0. The number of carbonyl (C=O) groups excluding carboxylic acids is 2. The molecule has 0 radical (unpaired) electrons. The Bertz CT molecular complexity index is 1060. The first-order valence-electron chi connectivity index (χ1n) is 10.2. The quantitative estimate of drug-likeness (QED) is 0.508. The number of nitrogens with zero attached hydrogens (tertiary/aromatic N) is 1. The molecule has 0 bridgehead atoms. The van der Waals surface area contributed by atoms with Crippen molar-refractivity contribution < 1.29 is 28.0 Å². The minimum atomic E-state index is -0.970. The van der Waals surface area contributed by atoms with E-state index in [1.807, 2.05) is 6.92 Å². The van der Waals surface area contributed by atoms with Gasteiger partial charge in [0.25, 0.3) is 5.91 Å². The minimum absolute atomic E-state index is 0.256. The van der Waals surface area contributed by atoms with Crippen molar-refractivity contribution in [1.82, 2.24) is 10.5 Å². The van der Waals surface area contributed by atoms with Gasteiger partial charge in [-0.2, -0.15) is 0 Å². The van der Waals surface area contributed by atoms with Gasteiger partial charge < -0.3 is 19.3 Å². The van der Waals surface area contributed by atoms with Crippen LogP contribution < -0.4 is 10.1 Å². The maximum atomic E-state index is 12.9. The number of nitrogens with one attached hydrogen (secondary N) is 1.